The molecule has 8 heteroatoms. The Bertz CT molecular complexity index is 1090. The molecule has 0 atom stereocenters. The number of hydrogen-bond donors (Lipinski definition) is 2. The maximum atomic E-state index is 12.1. The number of hydrazine groups is 1. The van der Waals surface area contributed by atoms with Crippen molar-refractivity contribution < 1.29 is 4.79 Å². The van der Waals surface area contributed by atoms with Crippen molar-refractivity contribution >= 4 is 34.1 Å². The van der Waals surface area contributed by atoms with Crippen LogP contribution in [0.1, 0.15) is 20.8 Å². The molecule has 0 unspecified atom stereocenters. The highest BCUT2D eigenvalue weighted by atomic mass is 32.1. The minimum atomic E-state index is -0.214. The van der Waals surface area contributed by atoms with Gasteiger partial charge in [-0.05, 0) is 36.9 Å². The van der Waals surface area contributed by atoms with Gasteiger partial charge in [0.2, 0.25) is 0 Å². The van der Waals surface area contributed by atoms with Crippen LogP contribution in [0, 0.1) is 13.8 Å². The van der Waals surface area contributed by atoms with Crippen molar-refractivity contribution in [3.63, 3.8) is 0 Å². The maximum Gasteiger partial charge on any atom is 0.279 e. The Morgan fingerprint density at radius 1 is 1.19 bits per heavy atom. The van der Waals surface area contributed by atoms with Crippen LogP contribution in [0.5, 0.6) is 0 Å². The molecular formula is C18H16N6OS. The van der Waals surface area contributed by atoms with Gasteiger partial charge in [0.1, 0.15) is 6.33 Å². The Labute approximate surface area is 153 Å². The van der Waals surface area contributed by atoms with Gasteiger partial charge in [-0.2, -0.15) is 5.10 Å². The summed E-state index contributed by atoms with van der Waals surface area (Å²) < 4.78 is 1.78. The van der Waals surface area contributed by atoms with E-state index in [1.54, 1.807) is 16.9 Å². The number of benzene rings is 1. The highest BCUT2D eigenvalue weighted by Crippen LogP contribution is 2.23. The van der Waals surface area contributed by atoms with Crippen LogP contribution in [-0.2, 0) is 0 Å². The van der Waals surface area contributed by atoms with Crippen LogP contribution in [-0.4, -0.2) is 25.7 Å². The van der Waals surface area contributed by atoms with Crippen LogP contribution in [0.2, 0.25) is 0 Å². The predicted octanol–water partition coefficient (Wildman–Crippen LogP) is 3.25. The average molecular weight is 364 g/mol. The zero-order valence-electron chi connectivity index (χ0n) is 14.2. The molecule has 130 valence electrons. The van der Waals surface area contributed by atoms with E-state index >= 15 is 0 Å². The first-order chi connectivity index (χ1) is 12.6. The van der Waals surface area contributed by atoms with Crippen molar-refractivity contribution in [1.29, 1.82) is 0 Å². The summed E-state index contributed by atoms with van der Waals surface area (Å²) in [5, 5.41) is 7.03. The predicted molar refractivity (Wildman–Crippen MR) is 102 cm³/mol. The Morgan fingerprint density at radius 2 is 2.08 bits per heavy atom. The van der Waals surface area contributed by atoms with E-state index in [2.05, 4.69) is 38.9 Å². The number of hydrogen-bond acceptors (Lipinski definition) is 6. The molecule has 7 nitrogen and oxygen atoms in total. The number of nitrogens with zero attached hydrogens (tertiary/aromatic N) is 4. The normalized spacial score (nSPS) is 10.8. The number of fused-ring (bicyclic) bond motifs is 1. The van der Waals surface area contributed by atoms with Crippen molar-refractivity contribution in [3.8, 4) is 5.69 Å². The molecule has 1 aromatic carbocycles. The first-order valence-electron chi connectivity index (χ1n) is 8.00. The Hall–Kier alpha value is -3.26. The van der Waals surface area contributed by atoms with Gasteiger partial charge in [-0.25, -0.2) is 14.6 Å². The topological polar surface area (TPSA) is 84.7 Å². The number of nitrogens with one attached hydrogen (secondary N) is 2. The average Bonchev–Trinajstić information content (AvgIpc) is 3.30. The summed E-state index contributed by atoms with van der Waals surface area (Å²) in [6.07, 6.45) is 3.14. The summed E-state index contributed by atoms with van der Waals surface area (Å²) in [5.74, 6) is 0.282. The summed E-state index contributed by atoms with van der Waals surface area (Å²) in [6.45, 7) is 4.09. The molecule has 2 N–H and O–H groups in total. The maximum absolute atomic E-state index is 12.1. The molecule has 4 rings (SSSR count). The van der Waals surface area contributed by atoms with Crippen molar-refractivity contribution in [1.82, 2.24) is 25.2 Å². The van der Waals surface area contributed by atoms with Gasteiger partial charge in [-0.3, -0.25) is 15.6 Å². The van der Waals surface area contributed by atoms with E-state index < -0.39 is 0 Å². The third-order valence-corrected chi connectivity index (χ3v) is 4.85. The largest absolute Gasteiger partial charge is 0.281 e. The molecule has 0 spiro atoms. The molecule has 0 saturated carbocycles. The quantitative estimate of drug-likeness (QED) is 0.543. The molecule has 3 heterocycles. The Balaban J connectivity index is 1.66. The second-order valence-corrected chi connectivity index (χ2v) is 6.81. The number of carbonyl (C=O) groups is 1. The summed E-state index contributed by atoms with van der Waals surface area (Å²) in [4.78, 5) is 21.3. The van der Waals surface area contributed by atoms with E-state index in [0.717, 1.165) is 16.6 Å². The van der Waals surface area contributed by atoms with E-state index in [0.29, 0.717) is 16.3 Å². The Kier molecular flexibility index (Phi) is 4.10. The SMILES string of the molecule is Cc1ccc(-n2ncc3c(NNC(=O)c4cccs4)ncnc32)c(C)c1. The van der Waals surface area contributed by atoms with Crippen molar-refractivity contribution in [2.75, 3.05) is 5.43 Å². The smallest absolute Gasteiger partial charge is 0.279 e. The lowest BCUT2D eigenvalue weighted by molar-refractivity contribution is 0.0966. The zero-order valence-corrected chi connectivity index (χ0v) is 15.0. The van der Waals surface area contributed by atoms with Gasteiger partial charge >= 0.3 is 0 Å². The molecule has 1 amide bonds. The number of amides is 1. The minimum Gasteiger partial charge on any atom is -0.281 e. The number of anilines is 1. The van der Waals surface area contributed by atoms with Gasteiger partial charge in [0, 0.05) is 0 Å². The summed E-state index contributed by atoms with van der Waals surface area (Å²) >= 11 is 1.37. The molecule has 0 bridgehead atoms. The van der Waals surface area contributed by atoms with Crippen molar-refractivity contribution in [2.24, 2.45) is 0 Å². The number of thiophene rings is 1. The van der Waals surface area contributed by atoms with E-state index in [-0.39, 0.29) is 5.91 Å². The fourth-order valence-corrected chi connectivity index (χ4v) is 3.37. The molecule has 0 fully saturated rings. The highest BCUT2D eigenvalue weighted by molar-refractivity contribution is 7.12. The lowest BCUT2D eigenvalue weighted by Crippen LogP contribution is -2.29. The van der Waals surface area contributed by atoms with Gasteiger partial charge in [-0.15, -0.1) is 11.3 Å². The van der Waals surface area contributed by atoms with Crippen LogP contribution < -0.4 is 10.9 Å². The molecular weight excluding hydrogens is 348 g/mol. The van der Waals surface area contributed by atoms with Crippen LogP contribution in [0.3, 0.4) is 0 Å². The number of aromatic nitrogens is 4. The molecule has 4 aromatic rings. The second-order valence-electron chi connectivity index (χ2n) is 5.86. The van der Waals surface area contributed by atoms with Crippen molar-refractivity contribution in [2.45, 2.75) is 13.8 Å². The summed E-state index contributed by atoms with van der Waals surface area (Å²) in [6, 6.07) is 9.75. The highest BCUT2D eigenvalue weighted by Gasteiger charge is 2.13. The number of rotatable bonds is 4. The molecule has 0 saturated heterocycles. The first kappa shape index (κ1) is 16.2. The lowest BCUT2D eigenvalue weighted by atomic mass is 10.1. The monoisotopic (exact) mass is 364 g/mol. The fourth-order valence-electron chi connectivity index (χ4n) is 2.75. The van der Waals surface area contributed by atoms with Gasteiger partial charge in [0.05, 0.1) is 22.1 Å². The molecule has 0 aliphatic rings. The van der Waals surface area contributed by atoms with Gasteiger partial charge in [0.15, 0.2) is 11.5 Å². The third-order valence-electron chi connectivity index (χ3n) is 3.99. The van der Waals surface area contributed by atoms with E-state index in [4.69, 9.17) is 0 Å². The van der Waals surface area contributed by atoms with Crippen molar-refractivity contribution in [3.05, 3.63) is 64.2 Å². The molecule has 0 aliphatic heterocycles. The zero-order chi connectivity index (χ0) is 18.1. The second kappa shape index (κ2) is 6.57. The van der Waals surface area contributed by atoms with Crippen LogP contribution >= 0.6 is 11.3 Å². The standard InChI is InChI=1S/C18H16N6OS/c1-11-5-6-14(12(2)8-11)24-17-13(9-21-24)16(19-10-20-17)22-23-18(25)15-4-3-7-26-15/h3-10H,1-2H3,(H,23,25)(H,19,20,22). The van der Waals surface area contributed by atoms with E-state index in [1.165, 1.54) is 23.2 Å². The number of aryl methyl sites for hydroxylation is 2. The van der Waals surface area contributed by atoms with Crippen LogP contribution in [0.15, 0.2) is 48.2 Å². The van der Waals surface area contributed by atoms with Crippen LogP contribution in [0.25, 0.3) is 16.7 Å². The molecule has 3 aromatic heterocycles. The minimum absolute atomic E-state index is 0.214. The molecule has 0 radical (unpaired) electrons. The van der Waals surface area contributed by atoms with E-state index in [1.807, 2.05) is 30.5 Å². The third kappa shape index (κ3) is 2.91. The van der Waals surface area contributed by atoms with Gasteiger partial charge in [-0.1, -0.05) is 23.8 Å². The van der Waals surface area contributed by atoms with Gasteiger partial charge in [0.25, 0.3) is 5.91 Å². The molecule has 0 aliphatic carbocycles. The summed E-state index contributed by atoms with van der Waals surface area (Å²) in [7, 11) is 0. The summed E-state index contributed by atoms with van der Waals surface area (Å²) in [5.41, 5.74) is 9.44. The van der Waals surface area contributed by atoms with E-state index in [9.17, 15) is 4.79 Å². The Morgan fingerprint density at radius 3 is 2.85 bits per heavy atom. The lowest BCUT2D eigenvalue weighted by Gasteiger charge is -2.09. The fraction of sp³-hybridized carbons (Fsp3) is 0.111. The molecule has 26 heavy (non-hydrogen) atoms. The van der Waals surface area contributed by atoms with Crippen LogP contribution in [0.4, 0.5) is 5.82 Å². The first-order valence-corrected chi connectivity index (χ1v) is 8.87. The van der Waals surface area contributed by atoms with Gasteiger partial charge < -0.3 is 0 Å². The number of carbonyl (C=O) groups excluding carboxylic acids is 1.